The summed E-state index contributed by atoms with van der Waals surface area (Å²) in [4.78, 5) is 28.3. The van der Waals surface area contributed by atoms with Crippen molar-refractivity contribution in [2.45, 2.75) is 19.4 Å². The molecule has 1 amide bonds. The Labute approximate surface area is 220 Å². The lowest BCUT2D eigenvalue weighted by Gasteiger charge is -2.16. The third-order valence-corrected chi connectivity index (χ3v) is 6.52. The first kappa shape index (κ1) is 25.1. The molecule has 0 aliphatic carbocycles. The highest BCUT2D eigenvalue weighted by atomic mass is 16.5. The Morgan fingerprint density at radius 1 is 0.921 bits per heavy atom. The van der Waals surface area contributed by atoms with E-state index in [9.17, 15) is 4.79 Å². The highest BCUT2D eigenvalue weighted by molar-refractivity contribution is 5.88. The molecule has 38 heavy (non-hydrogen) atoms. The third-order valence-electron chi connectivity index (χ3n) is 6.52. The summed E-state index contributed by atoms with van der Waals surface area (Å²) in [7, 11) is 6.32. The summed E-state index contributed by atoms with van der Waals surface area (Å²) < 4.78 is 23.7. The number of carbonyl (C=O) groups is 1. The van der Waals surface area contributed by atoms with Gasteiger partial charge in [0.25, 0.3) is 0 Å². The van der Waals surface area contributed by atoms with Crippen molar-refractivity contribution in [2.75, 3.05) is 46.8 Å². The SMILES string of the molecule is COc1ccc(-c2nc(Nc3cc(OC)c(OC)c(OC)c3)c3ncn(CCN4CCCC4=O)c3n2)cc1. The van der Waals surface area contributed by atoms with Crippen LogP contribution in [-0.4, -0.2) is 71.9 Å². The van der Waals surface area contributed by atoms with E-state index in [4.69, 9.17) is 28.9 Å². The van der Waals surface area contributed by atoms with Crippen LogP contribution in [0.4, 0.5) is 11.5 Å². The average molecular weight is 519 g/mol. The lowest BCUT2D eigenvalue weighted by molar-refractivity contribution is -0.127. The molecule has 1 fully saturated rings. The summed E-state index contributed by atoms with van der Waals surface area (Å²) in [5, 5.41) is 3.37. The summed E-state index contributed by atoms with van der Waals surface area (Å²) in [6.45, 7) is 1.96. The Kier molecular flexibility index (Phi) is 7.16. The molecule has 0 unspecified atom stereocenters. The van der Waals surface area contributed by atoms with E-state index in [1.54, 1.807) is 46.9 Å². The Hall–Kier alpha value is -4.54. The van der Waals surface area contributed by atoms with Gasteiger partial charge in [0.2, 0.25) is 11.7 Å². The molecule has 0 atom stereocenters. The number of anilines is 2. The first-order chi connectivity index (χ1) is 18.5. The molecule has 5 rings (SSSR count). The number of carbonyl (C=O) groups excluding carboxylic acids is 1. The van der Waals surface area contributed by atoms with Crippen LogP contribution >= 0.6 is 0 Å². The number of aromatic nitrogens is 4. The van der Waals surface area contributed by atoms with Crippen molar-refractivity contribution in [1.82, 2.24) is 24.4 Å². The van der Waals surface area contributed by atoms with Crippen LogP contribution in [-0.2, 0) is 11.3 Å². The molecule has 0 spiro atoms. The number of ether oxygens (including phenoxy) is 4. The van der Waals surface area contributed by atoms with Gasteiger partial charge in [0, 0.05) is 49.4 Å². The van der Waals surface area contributed by atoms with Crippen molar-refractivity contribution in [3.8, 4) is 34.4 Å². The number of nitrogens with zero attached hydrogens (tertiary/aromatic N) is 5. The fourth-order valence-electron chi connectivity index (χ4n) is 4.52. The van der Waals surface area contributed by atoms with Gasteiger partial charge in [-0.05, 0) is 30.7 Å². The lowest BCUT2D eigenvalue weighted by atomic mass is 10.2. The summed E-state index contributed by atoms with van der Waals surface area (Å²) >= 11 is 0. The molecule has 11 nitrogen and oxygen atoms in total. The number of nitrogens with one attached hydrogen (secondary N) is 1. The summed E-state index contributed by atoms with van der Waals surface area (Å²) in [6.07, 6.45) is 3.24. The Bertz CT molecular complexity index is 1430. The second-order valence-electron chi connectivity index (χ2n) is 8.76. The molecule has 1 aliphatic rings. The number of hydrogen-bond acceptors (Lipinski definition) is 9. The van der Waals surface area contributed by atoms with Crippen LogP contribution < -0.4 is 24.3 Å². The van der Waals surface area contributed by atoms with Crippen molar-refractivity contribution >= 4 is 28.6 Å². The van der Waals surface area contributed by atoms with Crippen LogP contribution in [0.2, 0.25) is 0 Å². The molecule has 1 N–H and O–H groups in total. The Morgan fingerprint density at radius 2 is 1.66 bits per heavy atom. The van der Waals surface area contributed by atoms with Gasteiger partial charge in [0.15, 0.2) is 34.3 Å². The van der Waals surface area contributed by atoms with E-state index in [2.05, 4.69) is 10.3 Å². The normalized spacial score (nSPS) is 13.2. The molecule has 198 valence electrons. The van der Waals surface area contributed by atoms with Gasteiger partial charge in [0.1, 0.15) is 5.75 Å². The van der Waals surface area contributed by atoms with Crippen molar-refractivity contribution in [3.63, 3.8) is 0 Å². The van der Waals surface area contributed by atoms with Crippen LogP contribution in [0.25, 0.3) is 22.6 Å². The molecule has 1 saturated heterocycles. The first-order valence-electron chi connectivity index (χ1n) is 12.3. The maximum atomic E-state index is 12.1. The smallest absolute Gasteiger partial charge is 0.222 e. The Balaban J connectivity index is 1.57. The fourth-order valence-corrected chi connectivity index (χ4v) is 4.52. The van der Waals surface area contributed by atoms with Crippen molar-refractivity contribution in [1.29, 1.82) is 0 Å². The van der Waals surface area contributed by atoms with E-state index in [1.807, 2.05) is 33.7 Å². The zero-order valence-electron chi connectivity index (χ0n) is 21.9. The fraction of sp³-hybridized carbons (Fsp3) is 0.333. The Morgan fingerprint density at radius 3 is 2.26 bits per heavy atom. The topological polar surface area (TPSA) is 113 Å². The highest BCUT2D eigenvalue weighted by Gasteiger charge is 2.21. The predicted octanol–water partition coefficient (Wildman–Crippen LogP) is 3.89. The van der Waals surface area contributed by atoms with Gasteiger partial charge >= 0.3 is 0 Å². The van der Waals surface area contributed by atoms with Gasteiger partial charge in [-0.3, -0.25) is 4.79 Å². The number of benzene rings is 2. The minimum absolute atomic E-state index is 0.188. The van der Waals surface area contributed by atoms with E-state index in [0.717, 1.165) is 24.3 Å². The van der Waals surface area contributed by atoms with Crippen molar-refractivity contribution in [2.24, 2.45) is 0 Å². The van der Waals surface area contributed by atoms with Crippen LogP contribution in [0.3, 0.4) is 0 Å². The van der Waals surface area contributed by atoms with Crippen LogP contribution in [0.15, 0.2) is 42.7 Å². The van der Waals surface area contributed by atoms with Gasteiger partial charge in [-0.2, -0.15) is 0 Å². The zero-order valence-corrected chi connectivity index (χ0v) is 21.9. The second kappa shape index (κ2) is 10.8. The molecule has 3 heterocycles. The van der Waals surface area contributed by atoms with Crippen molar-refractivity contribution < 1.29 is 23.7 Å². The van der Waals surface area contributed by atoms with Gasteiger partial charge in [-0.1, -0.05) is 0 Å². The number of imidazole rings is 1. The molecule has 1 aliphatic heterocycles. The number of likely N-dealkylation sites (tertiary alicyclic amines) is 1. The average Bonchev–Trinajstić information content (AvgIpc) is 3.56. The summed E-state index contributed by atoms with van der Waals surface area (Å²) in [6, 6.07) is 11.2. The maximum Gasteiger partial charge on any atom is 0.222 e. The quantitative estimate of drug-likeness (QED) is 0.334. The molecule has 11 heteroatoms. The summed E-state index contributed by atoms with van der Waals surface area (Å²) in [5.74, 6) is 3.48. The number of fused-ring (bicyclic) bond motifs is 1. The van der Waals surface area contributed by atoms with E-state index < -0.39 is 0 Å². The van der Waals surface area contributed by atoms with E-state index in [0.29, 0.717) is 65.3 Å². The van der Waals surface area contributed by atoms with Gasteiger partial charge in [-0.15, -0.1) is 0 Å². The minimum atomic E-state index is 0.188. The van der Waals surface area contributed by atoms with Gasteiger partial charge < -0.3 is 33.7 Å². The molecule has 4 aromatic rings. The monoisotopic (exact) mass is 518 g/mol. The standard InChI is InChI=1S/C27H30N6O5/c1-35-19-9-7-17(8-10-19)25-30-26(29-18-14-20(36-2)24(38-4)21(15-18)37-3)23-27(31-25)33(16-28-23)13-12-32-11-5-6-22(32)34/h7-10,14-16H,5-6,11-13H2,1-4H3,(H,29,30,31). The first-order valence-corrected chi connectivity index (χ1v) is 12.3. The van der Waals surface area contributed by atoms with Crippen LogP contribution in [0, 0.1) is 0 Å². The second-order valence-corrected chi connectivity index (χ2v) is 8.76. The van der Waals surface area contributed by atoms with E-state index in [-0.39, 0.29) is 5.91 Å². The largest absolute Gasteiger partial charge is 0.497 e. The maximum absolute atomic E-state index is 12.1. The lowest BCUT2D eigenvalue weighted by Crippen LogP contribution is -2.28. The number of rotatable bonds is 10. The molecule has 2 aromatic carbocycles. The van der Waals surface area contributed by atoms with Gasteiger partial charge in [-0.25, -0.2) is 15.0 Å². The van der Waals surface area contributed by atoms with Crippen LogP contribution in [0.1, 0.15) is 12.8 Å². The third kappa shape index (κ3) is 4.86. The van der Waals surface area contributed by atoms with E-state index in [1.165, 1.54) is 0 Å². The van der Waals surface area contributed by atoms with Crippen molar-refractivity contribution in [3.05, 3.63) is 42.7 Å². The number of methoxy groups -OCH3 is 4. The minimum Gasteiger partial charge on any atom is -0.497 e. The number of hydrogen-bond donors (Lipinski definition) is 1. The molecule has 2 aromatic heterocycles. The predicted molar refractivity (Wildman–Crippen MR) is 143 cm³/mol. The molecular formula is C27H30N6O5. The van der Waals surface area contributed by atoms with E-state index >= 15 is 0 Å². The zero-order chi connectivity index (χ0) is 26.6. The van der Waals surface area contributed by atoms with Crippen LogP contribution in [0.5, 0.6) is 23.0 Å². The molecule has 0 saturated carbocycles. The molecule has 0 bridgehead atoms. The molecule has 0 radical (unpaired) electrons. The molecular weight excluding hydrogens is 488 g/mol. The highest BCUT2D eigenvalue weighted by Crippen LogP contribution is 2.41. The number of amides is 1. The van der Waals surface area contributed by atoms with Gasteiger partial charge in [0.05, 0.1) is 34.8 Å². The summed E-state index contributed by atoms with van der Waals surface area (Å²) in [5.41, 5.74) is 2.76.